The molecule has 3 heteroatoms. The van der Waals surface area contributed by atoms with E-state index in [2.05, 4.69) is 72.0 Å². The Morgan fingerprint density at radius 2 is 2.00 bits per heavy atom. The van der Waals surface area contributed by atoms with Gasteiger partial charge in [0.1, 0.15) is 0 Å². The average molecular weight is 327 g/mol. The maximum Gasteiger partial charge on any atom is 0.0510 e. The van der Waals surface area contributed by atoms with E-state index in [0.717, 1.165) is 26.2 Å². The molecule has 0 atom stereocenters. The first kappa shape index (κ1) is 16.5. The summed E-state index contributed by atoms with van der Waals surface area (Å²) in [6.45, 7) is 13.1. The molecule has 19 heavy (non-hydrogen) atoms. The first-order valence-electron chi connectivity index (χ1n) is 7.32. The number of nitrogens with zero attached hydrogens (tertiary/aromatic N) is 1. The van der Waals surface area contributed by atoms with Gasteiger partial charge < -0.3 is 10.2 Å². The Balaban J connectivity index is 2.68. The van der Waals surface area contributed by atoms with Gasteiger partial charge in [-0.3, -0.25) is 0 Å². The molecule has 0 aliphatic heterocycles. The third-order valence-electron chi connectivity index (χ3n) is 3.11. The normalized spacial score (nSPS) is 11.1. The van der Waals surface area contributed by atoms with Crippen LogP contribution in [-0.2, 0) is 6.54 Å². The Bertz CT molecular complexity index is 377. The van der Waals surface area contributed by atoms with Gasteiger partial charge in [-0.2, -0.15) is 0 Å². The van der Waals surface area contributed by atoms with Crippen molar-refractivity contribution in [2.75, 3.05) is 24.5 Å². The van der Waals surface area contributed by atoms with Crippen molar-refractivity contribution in [1.29, 1.82) is 0 Å². The molecule has 0 spiro atoms. The van der Waals surface area contributed by atoms with E-state index < -0.39 is 0 Å². The Morgan fingerprint density at radius 1 is 1.26 bits per heavy atom. The van der Waals surface area contributed by atoms with E-state index >= 15 is 0 Å². The lowest BCUT2D eigenvalue weighted by atomic mass is 10.1. The van der Waals surface area contributed by atoms with Crippen LogP contribution in [0.4, 0.5) is 5.69 Å². The smallest absolute Gasteiger partial charge is 0.0510 e. The fraction of sp³-hybridized carbons (Fsp3) is 0.625. The minimum Gasteiger partial charge on any atom is -0.371 e. The Kier molecular flexibility index (Phi) is 7.47. The van der Waals surface area contributed by atoms with Crippen LogP contribution in [0.1, 0.15) is 39.7 Å². The average Bonchev–Trinajstić information content (AvgIpc) is 2.36. The van der Waals surface area contributed by atoms with E-state index in [9.17, 15) is 0 Å². The highest BCUT2D eigenvalue weighted by molar-refractivity contribution is 9.10. The monoisotopic (exact) mass is 326 g/mol. The highest BCUT2D eigenvalue weighted by Gasteiger charge is 2.08. The number of nitrogens with one attached hydrogen (secondary N) is 1. The lowest BCUT2D eigenvalue weighted by Gasteiger charge is -2.24. The Labute approximate surface area is 126 Å². The molecular formula is C16H27BrN2. The van der Waals surface area contributed by atoms with Gasteiger partial charge >= 0.3 is 0 Å². The highest BCUT2D eigenvalue weighted by atomic mass is 79.9. The van der Waals surface area contributed by atoms with Crippen LogP contribution < -0.4 is 10.2 Å². The number of hydrogen-bond acceptors (Lipinski definition) is 2. The molecule has 0 saturated carbocycles. The maximum absolute atomic E-state index is 3.71. The van der Waals surface area contributed by atoms with Gasteiger partial charge in [0.05, 0.1) is 5.69 Å². The summed E-state index contributed by atoms with van der Waals surface area (Å²) >= 11 is 3.71. The third kappa shape index (κ3) is 5.53. The molecule has 1 rings (SSSR count). The number of hydrogen-bond donors (Lipinski definition) is 1. The summed E-state index contributed by atoms with van der Waals surface area (Å²) in [5.41, 5.74) is 2.64. The molecule has 0 radical (unpaired) electrons. The van der Waals surface area contributed by atoms with Crippen molar-refractivity contribution in [2.45, 2.75) is 40.7 Å². The van der Waals surface area contributed by atoms with E-state index in [1.165, 1.54) is 22.1 Å². The van der Waals surface area contributed by atoms with Crippen LogP contribution in [-0.4, -0.2) is 19.6 Å². The summed E-state index contributed by atoms with van der Waals surface area (Å²) in [4.78, 5) is 2.41. The quantitative estimate of drug-likeness (QED) is 0.760. The minimum atomic E-state index is 0.697. The van der Waals surface area contributed by atoms with Crippen LogP contribution in [0, 0.1) is 5.92 Å². The summed E-state index contributed by atoms with van der Waals surface area (Å²) in [6.07, 6.45) is 1.18. The molecule has 0 aliphatic rings. The van der Waals surface area contributed by atoms with Crippen molar-refractivity contribution in [3.05, 3.63) is 28.2 Å². The fourth-order valence-corrected chi connectivity index (χ4v) is 2.82. The van der Waals surface area contributed by atoms with E-state index in [4.69, 9.17) is 0 Å². The second-order valence-corrected chi connectivity index (χ2v) is 6.24. The summed E-state index contributed by atoms with van der Waals surface area (Å²) in [5, 5.41) is 3.48. The van der Waals surface area contributed by atoms with Crippen molar-refractivity contribution in [2.24, 2.45) is 5.92 Å². The van der Waals surface area contributed by atoms with Crippen molar-refractivity contribution in [1.82, 2.24) is 5.32 Å². The molecule has 1 N–H and O–H groups in total. The van der Waals surface area contributed by atoms with Crippen molar-refractivity contribution in [3.8, 4) is 0 Å². The molecule has 0 heterocycles. The zero-order valence-corrected chi connectivity index (χ0v) is 14.3. The molecule has 1 aromatic carbocycles. The topological polar surface area (TPSA) is 15.3 Å². The largest absolute Gasteiger partial charge is 0.371 e. The highest BCUT2D eigenvalue weighted by Crippen LogP contribution is 2.27. The van der Waals surface area contributed by atoms with E-state index in [0.29, 0.717) is 5.92 Å². The number of rotatable bonds is 8. The maximum atomic E-state index is 3.71. The zero-order valence-electron chi connectivity index (χ0n) is 12.7. The molecule has 0 amide bonds. The van der Waals surface area contributed by atoms with Crippen LogP contribution in [0.25, 0.3) is 0 Å². The minimum absolute atomic E-state index is 0.697. The van der Waals surface area contributed by atoms with Gasteiger partial charge in [0.2, 0.25) is 0 Å². The standard InChI is InChI=1S/C16H27BrN2/c1-5-9-19(6-2)16-8-7-14(10-15(16)17)12-18-11-13(3)4/h7-8,10,13,18H,5-6,9,11-12H2,1-4H3. The first-order valence-corrected chi connectivity index (χ1v) is 8.11. The van der Waals surface area contributed by atoms with E-state index in [-0.39, 0.29) is 0 Å². The Morgan fingerprint density at radius 3 is 2.53 bits per heavy atom. The van der Waals surface area contributed by atoms with Gasteiger partial charge in [-0.25, -0.2) is 0 Å². The van der Waals surface area contributed by atoms with Crippen LogP contribution >= 0.6 is 15.9 Å². The summed E-state index contributed by atoms with van der Waals surface area (Å²) in [7, 11) is 0. The van der Waals surface area contributed by atoms with E-state index in [1.54, 1.807) is 0 Å². The predicted molar refractivity (Wildman–Crippen MR) is 88.9 cm³/mol. The Hall–Kier alpha value is -0.540. The number of halogens is 1. The van der Waals surface area contributed by atoms with Crippen LogP contribution in [0.2, 0.25) is 0 Å². The predicted octanol–water partition coefficient (Wildman–Crippen LogP) is 4.43. The molecule has 1 aromatic rings. The third-order valence-corrected chi connectivity index (χ3v) is 3.74. The number of benzene rings is 1. The van der Waals surface area contributed by atoms with E-state index in [1.807, 2.05) is 0 Å². The summed E-state index contributed by atoms with van der Waals surface area (Å²) in [6, 6.07) is 6.70. The molecule has 0 saturated heterocycles. The zero-order chi connectivity index (χ0) is 14.3. The van der Waals surface area contributed by atoms with Gasteiger partial charge in [-0.1, -0.05) is 26.8 Å². The summed E-state index contributed by atoms with van der Waals surface area (Å²) < 4.78 is 1.20. The van der Waals surface area contributed by atoms with Crippen LogP contribution in [0.5, 0.6) is 0 Å². The first-order chi connectivity index (χ1) is 9.08. The molecule has 0 aromatic heterocycles. The van der Waals surface area contributed by atoms with Crippen molar-refractivity contribution in [3.63, 3.8) is 0 Å². The molecule has 2 nitrogen and oxygen atoms in total. The van der Waals surface area contributed by atoms with Gasteiger partial charge in [0.25, 0.3) is 0 Å². The summed E-state index contributed by atoms with van der Waals surface area (Å²) in [5.74, 6) is 0.697. The van der Waals surface area contributed by atoms with Crippen molar-refractivity contribution < 1.29 is 0 Å². The number of anilines is 1. The van der Waals surface area contributed by atoms with Gasteiger partial charge in [-0.15, -0.1) is 0 Å². The second kappa shape index (κ2) is 8.60. The molecule has 0 fully saturated rings. The van der Waals surface area contributed by atoms with Crippen LogP contribution in [0.3, 0.4) is 0 Å². The second-order valence-electron chi connectivity index (χ2n) is 5.39. The molecule has 0 unspecified atom stereocenters. The van der Waals surface area contributed by atoms with Gasteiger partial charge in [0, 0.05) is 24.1 Å². The van der Waals surface area contributed by atoms with Crippen molar-refractivity contribution >= 4 is 21.6 Å². The fourth-order valence-electron chi connectivity index (χ4n) is 2.14. The van der Waals surface area contributed by atoms with Gasteiger partial charge in [-0.05, 0) is 59.4 Å². The lowest BCUT2D eigenvalue weighted by Crippen LogP contribution is -2.24. The van der Waals surface area contributed by atoms with Crippen LogP contribution in [0.15, 0.2) is 22.7 Å². The molecule has 108 valence electrons. The molecular weight excluding hydrogens is 300 g/mol. The van der Waals surface area contributed by atoms with Gasteiger partial charge in [0.15, 0.2) is 0 Å². The molecule has 0 bridgehead atoms. The molecule has 0 aliphatic carbocycles. The lowest BCUT2D eigenvalue weighted by molar-refractivity contribution is 0.552. The SMILES string of the molecule is CCCN(CC)c1ccc(CNCC(C)C)cc1Br.